The van der Waals surface area contributed by atoms with Gasteiger partial charge < -0.3 is 19.5 Å². The fraction of sp³-hybridized carbons (Fsp3) is 0.526. The van der Waals surface area contributed by atoms with E-state index in [1.54, 1.807) is 20.3 Å². The van der Waals surface area contributed by atoms with Crippen LogP contribution in [0.4, 0.5) is 0 Å². The van der Waals surface area contributed by atoms with E-state index < -0.39 is 21.7 Å². The monoisotopic (exact) mass is 456 g/mol. The number of amidine groups is 1. The largest absolute Gasteiger partial charge is 0.493 e. The lowest BCUT2D eigenvalue weighted by molar-refractivity contribution is -0.138. The SMILES string of the molecule is COc1ccc(CCN2C(=NC(=O)CCC(=O)O)S[C@H]3CS(=O)(=O)C[C@H]32)cc1OC. The predicted octanol–water partition coefficient (Wildman–Crippen LogP) is 1.21. The van der Waals surface area contributed by atoms with E-state index in [0.717, 1.165) is 5.56 Å². The number of fused-ring (bicyclic) bond motifs is 1. The topological polar surface area (TPSA) is 123 Å². The molecule has 0 aliphatic carbocycles. The van der Waals surface area contributed by atoms with Gasteiger partial charge in [0.2, 0.25) is 5.91 Å². The van der Waals surface area contributed by atoms with Crippen molar-refractivity contribution in [1.82, 2.24) is 4.90 Å². The molecule has 2 aliphatic rings. The van der Waals surface area contributed by atoms with Gasteiger partial charge in [0.25, 0.3) is 0 Å². The highest BCUT2D eigenvalue weighted by atomic mass is 32.2. The number of aliphatic imine (C=N–C) groups is 1. The van der Waals surface area contributed by atoms with E-state index >= 15 is 0 Å². The minimum Gasteiger partial charge on any atom is -0.493 e. The molecule has 0 unspecified atom stereocenters. The molecule has 1 aromatic rings. The van der Waals surface area contributed by atoms with Gasteiger partial charge in [0.05, 0.1) is 38.2 Å². The second kappa shape index (κ2) is 9.25. The number of methoxy groups -OCH3 is 2. The molecule has 0 radical (unpaired) electrons. The fourth-order valence-electron chi connectivity index (χ4n) is 3.56. The Morgan fingerprint density at radius 2 is 1.93 bits per heavy atom. The second-order valence-electron chi connectivity index (χ2n) is 7.12. The summed E-state index contributed by atoms with van der Waals surface area (Å²) in [5.74, 6) is -0.276. The maximum atomic E-state index is 12.1. The highest BCUT2D eigenvalue weighted by Gasteiger charge is 2.48. The number of carbonyl (C=O) groups excluding carboxylic acids is 1. The minimum absolute atomic E-state index is 0.0267. The third kappa shape index (κ3) is 5.25. The van der Waals surface area contributed by atoms with Gasteiger partial charge in [0.15, 0.2) is 26.5 Å². The average Bonchev–Trinajstić information content (AvgIpc) is 3.15. The van der Waals surface area contributed by atoms with E-state index in [2.05, 4.69) is 4.99 Å². The van der Waals surface area contributed by atoms with Gasteiger partial charge in [-0.25, -0.2) is 8.42 Å². The van der Waals surface area contributed by atoms with Crippen LogP contribution in [0.3, 0.4) is 0 Å². The molecular weight excluding hydrogens is 432 g/mol. The molecular formula is C19H24N2O7S2. The van der Waals surface area contributed by atoms with Crippen LogP contribution in [0.2, 0.25) is 0 Å². The summed E-state index contributed by atoms with van der Waals surface area (Å²) in [7, 11) is -0.0160. The Balaban J connectivity index is 1.77. The van der Waals surface area contributed by atoms with Crippen LogP contribution >= 0.6 is 11.8 Å². The van der Waals surface area contributed by atoms with Crippen molar-refractivity contribution in [2.45, 2.75) is 30.6 Å². The molecule has 1 amide bonds. The fourth-order valence-corrected chi connectivity index (χ4v) is 7.55. The lowest BCUT2D eigenvalue weighted by Crippen LogP contribution is -2.39. The Bertz CT molecular complexity index is 962. The third-order valence-corrected chi connectivity index (χ3v) is 8.28. The quantitative estimate of drug-likeness (QED) is 0.615. The minimum atomic E-state index is -3.13. The smallest absolute Gasteiger partial charge is 0.303 e. The number of carboxylic acid groups (broad SMARTS) is 1. The number of ether oxygens (including phenoxy) is 2. The van der Waals surface area contributed by atoms with E-state index in [9.17, 15) is 18.0 Å². The summed E-state index contributed by atoms with van der Waals surface area (Å²) >= 11 is 1.29. The summed E-state index contributed by atoms with van der Waals surface area (Å²) in [4.78, 5) is 28.7. The molecule has 1 aromatic carbocycles. The maximum absolute atomic E-state index is 12.1. The summed E-state index contributed by atoms with van der Waals surface area (Å²) in [6.07, 6.45) is 0.121. The van der Waals surface area contributed by atoms with Crippen molar-refractivity contribution in [2.75, 3.05) is 32.3 Å². The van der Waals surface area contributed by atoms with Crippen LogP contribution in [0.1, 0.15) is 18.4 Å². The van der Waals surface area contributed by atoms with Crippen LogP contribution in [0.5, 0.6) is 11.5 Å². The molecule has 2 fully saturated rings. The van der Waals surface area contributed by atoms with Crippen molar-refractivity contribution in [1.29, 1.82) is 0 Å². The first-order chi connectivity index (χ1) is 14.2. The van der Waals surface area contributed by atoms with Gasteiger partial charge in [0, 0.05) is 18.2 Å². The number of hydrogen-bond donors (Lipinski definition) is 1. The molecule has 2 atom stereocenters. The number of benzene rings is 1. The van der Waals surface area contributed by atoms with E-state index in [1.165, 1.54) is 11.8 Å². The highest BCUT2D eigenvalue weighted by Crippen LogP contribution is 2.38. The molecule has 1 N–H and O–H groups in total. The van der Waals surface area contributed by atoms with Gasteiger partial charge in [0.1, 0.15) is 0 Å². The number of amides is 1. The molecule has 3 rings (SSSR count). The zero-order valence-corrected chi connectivity index (χ0v) is 18.4. The summed E-state index contributed by atoms with van der Waals surface area (Å²) in [5.41, 5.74) is 0.971. The Kier molecular flexibility index (Phi) is 6.91. The molecule has 2 heterocycles. The average molecular weight is 457 g/mol. The normalized spacial score (nSPS) is 23.4. The first-order valence-corrected chi connectivity index (χ1v) is 12.1. The molecule has 0 saturated carbocycles. The molecule has 9 nitrogen and oxygen atoms in total. The Morgan fingerprint density at radius 3 is 2.60 bits per heavy atom. The van der Waals surface area contributed by atoms with Crippen molar-refractivity contribution >= 4 is 38.6 Å². The van der Waals surface area contributed by atoms with Crippen LogP contribution in [-0.2, 0) is 25.8 Å². The number of carbonyl (C=O) groups is 2. The zero-order valence-electron chi connectivity index (χ0n) is 16.7. The van der Waals surface area contributed by atoms with Crippen LogP contribution in [0.15, 0.2) is 23.2 Å². The van der Waals surface area contributed by atoms with Crippen molar-refractivity contribution in [3.05, 3.63) is 23.8 Å². The van der Waals surface area contributed by atoms with E-state index in [1.807, 2.05) is 17.0 Å². The molecule has 0 spiro atoms. The van der Waals surface area contributed by atoms with Crippen molar-refractivity contribution in [3.8, 4) is 11.5 Å². The van der Waals surface area contributed by atoms with Crippen LogP contribution in [-0.4, -0.2) is 79.0 Å². The van der Waals surface area contributed by atoms with Gasteiger partial charge in [-0.1, -0.05) is 17.8 Å². The molecule has 2 aliphatic heterocycles. The summed E-state index contributed by atoms with van der Waals surface area (Å²) in [6.45, 7) is 0.476. The molecule has 11 heteroatoms. The van der Waals surface area contributed by atoms with Crippen LogP contribution < -0.4 is 9.47 Å². The number of sulfone groups is 1. The first kappa shape index (κ1) is 22.4. The molecule has 0 aromatic heterocycles. The second-order valence-corrected chi connectivity index (χ2v) is 10.5. The zero-order chi connectivity index (χ0) is 21.9. The molecule has 30 heavy (non-hydrogen) atoms. The molecule has 0 bridgehead atoms. The number of rotatable bonds is 8. The standard InChI is InChI=1S/C19H24N2O7S2/c1-27-14-4-3-12(9-15(14)28-2)7-8-21-13-10-30(25,26)11-16(13)29-19(21)20-17(22)5-6-18(23)24/h3-4,9,13,16H,5-8,10-11H2,1-2H3,(H,23,24)/t13-,16+/m1/s1. The first-order valence-electron chi connectivity index (χ1n) is 9.40. The van der Waals surface area contributed by atoms with Crippen molar-refractivity contribution in [2.24, 2.45) is 4.99 Å². The number of hydrogen-bond acceptors (Lipinski definition) is 7. The lowest BCUT2D eigenvalue weighted by atomic mass is 10.1. The number of thioether (sulfide) groups is 1. The third-order valence-electron chi connectivity index (χ3n) is 5.04. The molecule has 2 saturated heterocycles. The van der Waals surface area contributed by atoms with Crippen LogP contribution in [0, 0.1) is 0 Å². The number of aliphatic carboxylic acids is 1. The summed E-state index contributed by atoms with van der Waals surface area (Å²) in [6, 6.07) is 5.33. The van der Waals surface area contributed by atoms with Crippen LogP contribution in [0.25, 0.3) is 0 Å². The van der Waals surface area contributed by atoms with E-state index in [4.69, 9.17) is 14.6 Å². The van der Waals surface area contributed by atoms with Gasteiger partial charge in [-0.15, -0.1) is 0 Å². The van der Waals surface area contributed by atoms with Gasteiger partial charge in [-0.3, -0.25) is 9.59 Å². The number of nitrogens with zero attached hydrogens (tertiary/aromatic N) is 2. The summed E-state index contributed by atoms with van der Waals surface area (Å²) < 4.78 is 34.7. The Labute approximate surface area is 179 Å². The van der Waals surface area contributed by atoms with Gasteiger partial charge >= 0.3 is 5.97 Å². The predicted molar refractivity (Wildman–Crippen MR) is 113 cm³/mol. The van der Waals surface area contributed by atoms with E-state index in [0.29, 0.717) is 29.6 Å². The highest BCUT2D eigenvalue weighted by molar-refractivity contribution is 8.15. The molecule has 164 valence electrons. The van der Waals surface area contributed by atoms with Gasteiger partial charge in [-0.2, -0.15) is 4.99 Å². The Hall–Kier alpha value is -2.27. The van der Waals surface area contributed by atoms with Gasteiger partial charge in [-0.05, 0) is 24.1 Å². The van der Waals surface area contributed by atoms with Crippen molar-refractivity contribution < 1.29 is 32.6 Å². The lowest BCUT2D eigenvalue weighted by Gasteiger charge is -2.24. The van der Waals surface area contributed by atoms with Crippen molar-refractivity contribution in [3.63, 3.8) is 0 Å². The number of carboxylic acids is 1. The van der Waals surface area contributed by atoms with E-state index in [-0.39, 0.29) is 35.6 Å². The Morgan fingerprint density at radius 1 is 1.20 bits per heavy atom. The summed E-state index contributed by atoms with van der Waals surface area (Å²) in [5, 5.41) is 9.05. The maximum Gasteiger partial charge on any atom is 0.303 e.